The van der Waals surface area contributed by atoms with E-state index in [0.29, 0.717) is 17.8 Å². The number of carboxylic acid groups (broad SMARTS) is 1. The van der Waals surface area contributed by atoms with Gasteiger partial charge >= 0.3 is 5.97 Å². The highest BCUT2D eigenvalue weighted by molar-refractivity contribution is 9.10. The van der Waals surface area contributed by atoms with Gasteiger partial charge < -0.3 is 16.2 Å². The van der Waals surface area contributed by atoms with Gasteiger partial charge in [0, 0.05) is 10.7 Å². The number of nitrogens with one attached hydrogen (secondary N) is 1. The third-order valence-electron chi connectivity index (χ3n) is 3.50. The number of aryl methyl sites for hydroxylation is 2. The van der Waals surface area contributed by atoms with Crippen molar-refractivity contribution >= 4 is 39.4 Å². The first kappa shape index (κ1) is 17.9. The first-order valence-electron chi connectivity index (χ1n) is 7.23. The zero-order chi connectivity index (χ0) is 18.0. The van der Waals surface area contributed by atoms with Crippen LogP contribution in [0.4, 0.5) is 0 Å². The molecule has 0 saturated carbocycles. The summed E-state index contributed by atoms with van der Waals surface area (Å²) in [5.41, 5.74) is 7.30. The lowest BCUT2D eigenvalue weighted by molar-refractivity contribution is -0.140. The molecule has 4 N–H and O–H groups in total. The Bertz CT molecular complexity index is 830. The SMILES string of the molecule is CCc1nc2c(C)cc(Br)cn2c1C(=O)NC(CC(N)=O)C(=O)O. The largest absolute Gasteiger partial charge is 0.480 e. The topological polar surface area (TPSA) is 127 Å². The molecule has 9 heteroatoms. The lowest BCUT2D eigenvalue weighted by Gasteiger charge is -2.13. The van der Waals surface area contributed by atoms with E-state index in [9.17, 15) is 14.4 Å². The molecule has 0 aliphatic heterocycles. The molecule has 2 amide bonds. The van der Waals surface area contributed by atoms with Crippen LogP contribution in [0.15, 0.2) is 16.7 Å². The van der Waals surface area contributed by atoms with E-state index in [1.54, 1.807) is 10.6 Å². The minimum atomic E-state index is -1.39. The van der Waals surface area contributed by atoms with Gasteiger partial charge in [-0.2, -0.15) is 0 Å². The van der Waals surface area contributed by atoms with Crippen LogP contribution >= 0.6 is 15.9 Å². The van der Waals surface area contributed by atoms with Gasteiger partial charge in [0.05, 0.1) is 12.1 Å². The van der Waals surface area contributed by atoms with Crippen molar-refractivity contribution in [3.05, 3.63) is 33.7 Å². The molecule has 0 aliphatic carbocycles. The third-order valence-corrected chi connectivity index (χ3v) is 3.94. The van der Waals surface area contributed by atoms with Crippen LogP contribution < -0.4 is 11.1 Å². The predicted octanol–water partition coefficient (Wildman–Crippen LogP) is 1.03. The van der Waals surface area contributed by atoms with Gasteiger partial charge in [0.2, 0.25) is 5.91 Å². The Balaban J connectivity index is 2.48. The molecule has 24 heavy (non-hydrogen) atoms. The van der Waals surface area contributed by atoms with E-state index < -0.39 is 30.2 Å². The number of amides is 2. The number of primary amides is 1. The molecule has 2 aromatic heterocycles. The van der Waals surface area contributed by atoms with Crippen LogP contribution in [0.1, 0.15) is 35.1 Å². The number of carbonyl (C=O) groups is 3. The Labute approximate surface area is 146 Å². The minimum absolute atomic E-state index is 0.243. The average molecular weight is 397 g/mol. The number of carbonyl (C=O) groups excluding carboxylic acids is 2. The highest BCUT2D eigenvalue weighted by atomic mass is 79.9. The summed E-state index contributed by atoms with van der Waals surface area (Å²) in [6, 6.07) is 0.481. The van der Waals surface area contributed by atoms with Crippen LogP contribution in [0.3, 0.4) is 0 Å². The second-order valence-electron chi connectivity index (χ2n) is 5.33. The number of aliphatic carboxylic acids is 1. The van der Waals surface area contributed by atoms with E-state index in [1.165, 1.54) is 0 Å². The van der Waals surface area contributed by atoms with Crippen molar-refractivity contribution in [2.24, 2.45) is 5.73 Å². The molecular weight excluding hydrogens is 380 g/mol. The van der Waals surface area contributed by atoms with Crippen molar-refractivity contribution in [2.45, 2.75) is 32.7 Å². The maximum absolute atomic E-state index is 12.6. The number of carboxylic acids is 1. The molecule has 128 valence electrons. The second kappa shape index (κ2) is 7.00. The fourth-order valence-electron chi connectivity index (χ4n) is 2.43. The zero-order valence-electron chi connectivity index (χ0n) is 13.2. The molecule has 2 aromatic rings. The summed E-state index contributed by atoms with van der Waals surface area (Å²) in [5.74, 6) is -2.76. The summed E-state index contributed by atoms with van der Waals surface area (Å²) in [5, 5.41) is 11.5. The number of nitrogens with two attached hydrogens (primary N) is 1. The smallest absolute Gasteiger partial charge is 0.326 e. The molecule has 0 saturated heterocycles. The number of pyridine rings is 1. The number of fused-ring (bicyclic) bond motifs is 1. The number of imidazole rings is 1. The Kier molecular flexibility index (Phi) is 5.23. The molecule has 2 rings (SSSR count). The van der Waals surface area contributed by atoms with Gasteiger partial charge in [-0.15, -0.1) is 0 Å². The van der Waals surface area contributed by atoms with E-state index >= 15 is 0 Å². The molecule has 2 heterocycles. The van der Waals surface area contributed by atoms with Crippen LogP contribution in [0, 0.1) is 6.92 Å². The molecule has 0 spiro atoms. The number of nitrogens with zero attached hydrogens (tertiary/aromatic N) is 2. The van der Waals surface area contributed by atoms with Crippen molar-refractivity contribution in [3.8, 4) is 0 Å². The first-order valence-corrected chi connectivity index (χ1v) is 8.03. The number of hydrogen-bond donors (Lipinski definition) is 3. The van der Waals surface area contributed by atoms with Gasteiger partial charge in [-0.1, -0.05) is 6.92 Å². The molecule has 0 fully saturated rings. The van der Waals surface area contributed by atoms with Gasteiger partial charge in [0.25, 0.3) is 5.91 Å². The maximum Gasteiger partial charge on any atom is 0.326 e. The summed E-state index contributed by atoms with van der Waals surface area (Å²) in [6.45, 7) is 3.71. The second-order valence-corrected chi connectivity index (χ2v) is 6.25. The van der Waals surface area contributed by atoms with Crippen molar-refractivity contribution in [3.63, 3.8) is 0 Å². The lowest BCUT2D eigenvalue weighted by atomic mass is 10.2. The van der Waals surface area contributed by atoms with Crippen LogP contribution in [-0.2, 0) is 16.0 Å². The third kappa shape index (κ3) is 3.56. The molecule has 0 aromatic carbocycles. The molecule has 0 aliphatic rings. The molecule has 0 radical (unpaired) electrons. The van der Waals surface area contributed by atoms with Gasteiger partial charge in [-0.3, -0.25) is 14.0 Å². The van der Waals surface area contributed by atoms with E-state index in [4.69, 9.17) is 10.8 Å². The highest BCUT2D eigenvalue weighted by Gasteiger charge is 2.26. The zero-order valence-corrected chi connectivity index (χ0v) is 14.8. The Morgan fingerprint density at radius 2 is 2.12 bits per heavy atom. The minimum Gasteiger partial charge on any atom is -0.480 e. The Morgan fingerprint density at radius 1 is 1.46 bits per heavy atom. The Hall–Kier alpha value is -2.42. The first-order chi connectivity index (χ1) is 11.2. The molecular formula is C15H17BrN4O4. The van der Waals surface area contributed by atoms with Gasteiger partial charge in [0.15, 0.2) is 0 Å². The predicted molar refractivity (Wildman–Crippen MR) is 89.7 cm³/mol. The number of aromatic nitrogens is 2. The fourth-order valence-corrected chi connectivity index (χ4v) is 2.98. The van der Waals surface area contributed by atoms with E-state index in [2.05, 4.69) is 26.2 Å². The van der Waals surface area contributed by atoms with Crippen molar-refractivity contribution in [2.75, 3.05) is 0 Å². The number of halogens is 1. The van der Waals surface area contributed by atoms with Gasteiger partial charge in [-0.05, 0) is 40.9 Å². The van der Waals surface area contributed by atoms with Crippen LogP contribution in [0.5, 0.6) is 0 Å². The van der Waals surface area contributed by atoms with Gasteiger partial charge in [0.1, 0.15) is 17.4 Å². The number of hydrogen-bond acceptors (Lipinski definition) is 4. The highest BCUT2D eigenvalue weighted by Crippen LogP contribution is 2.21. The van der Waals surface area contributed by atoms with Crippen molar-refractivity contribution < 1.29 is 19.5 Å². The van der Waals surface area contributed by atoms with Crippen LogP contribution in [-0.4, -0.2) is 38.3 Å². The van der Waals surface area contributed by atoms with E-state index in [-0.39, 0.29) is 5.69 Å². The van der Waals surface area contributed by atoms with E-state index in [1.807, 2.05) is 19.9 Å². The molecule has 1 unspecified atom stereocenters. The standard InChI is InChI=1S/C15H17BrN4O4/c1-3-9-12(14(22)19-10(15(23)24)5-11(17)21)20-6-8(16)4-7(2)13(20)18-9/h4,6,10H,3,5H2,1-2H3,(H2,17,21)(H,19,22)(H,23,24). The monoisotopic (exact) mass is 396 g/mol. The Morgan fingerprint density at radius 3 is 2.67 bits per heavy atom. The molecule has 0 bridgehead atoms. The average Bonchev–Trinajstić information content (AvgIpc) is 2.84. The summed E-state index contributed by atoms with van der Waals surface area (Å²) in [6.07, 6.45) is 1.70. The molecule has 8 nitrogen and oxygen atoms in total. The number of rotatable bonds is 6. The van der Waals surface area contributed by atoms with E-state index in [0.717, 1.165) is 10.0 Å². The maximum atomic E-state index is 12.6. The summed E-state index contributed by atoms with van der Waals surface area (Å²) < 4.78 is 2.37. The van der Waals surface area contributed by atoms with Crippen LogP contribution in [0.25, 0.3) is 5.65 Å². The van der Waals surface area contributed by atoms with Crippen molar-refractivity contribution in [1.29, 1.82) is 0 Å². The van der Waals surface area contributed by atoms with Crippen LogP contribution in [0.2, 0.25) is 0 Å². The van der Waals surface area contributed by atoms with Gasteiger partial charge in [-0.25, -0.2) is 9.78 Å². The normalized spacial score (nSPS) is 12.1. The summed E-state index contributed by atoms with van der Waals surface area (Å²) in [4.78, 5) is 39.3. The van der Waals surface area contributed by atoms with Crippen molar-refractivity contribution in [1.82, 2.24) is 14.7 Å². The molecule has 1 atom stereocenters. The lowest BCUT2D eigenvalue weighted by Crippen LogP contribution is -2.43. The summed E-state index contributed by atoms with van der Waals surface area (Å²) in [7, 11) is 0. The summed E-state index contributed by atoms with van der Waals surface area (Å²) >= 11 is 3.37. The fraction of sp³-hybridized carbons (Fsp3) is 0.333. The quantitative estimate of drug-likeness (QED) is 0.671.